The van der Waals surface area contributed by atoms with E-state index in [1.165, 1.54) is 19.3 Å². The number of aryl methyl sites for hydroxylation is 1. The number of benzene rings is 2. The highest BCUT2D eigenvalue weighted by Crippen LogP contribution is 2.39. The van der Waals surface area contributed by atoms with E-state index in [0.717, 1.165) is 46.7 Å². The molecule has 0 spiro atoms. The van der Waals surface area contributed by atoms with Crippen molar-refractivity contribution in [2.24, 2.45) is 0 Å². The molecule has 2 N–H and O–H groups in total. The smallest absolute Gasteiger partial charge is 0.142 e. The predicted molar refractivity (Wildman–Crippen MR) is 119 cm³/mol. The lowest BCUT2D eigenvalue weighted by molar-refractivity contribution is 0.305. The highest BCUT2D eigenvalue weighted by molar-refractivity contribution is 5.91. The maximum atomic E-state index is 9.77. The second-order valence-corrected chi connectivity index (χ2v) is 7.12. The van der Waals surface area contributed by atoms with Crippen LogP contribution in [0.1, 0.15) is 43.9 Å². The van der Waals surface area contributed by atoms with Gasteiger partial charge >= 0.3 is 0 Å². The number of hydrogen-bond acceptors (Lipinski definition) is 4. The Bertz CT molecular complexity index is 989. The number of nitrogens with two attached hydrogens (primary N) is 1. The molecule has 0 unspecified atom stereocenters. The molecule has 3 rings (SSSR count). The Kier molecular flexibility index (Phi) is 6.86. The molecule has 4 nitrogen and oxygen atoms in total. The van der Waals surface area contributed by atoms with Crippen molar-refractivity contribution < 1.29 is 4.74 Å². The highest BCUT2D eigenvalue weighted by atomic mass is 16.5. The molecule has 148 valence electrons. The van der Waals surface area contributed by atoms with Crippen molar-refractivity contribution in [3.63, 3.8) is 0 Å². The summed E-state index contributed by atoms with van der Waals surface area (Å²) in [5, 5.41) is 9.77. The Labute approximate surface area is 173 Å². The lowest BCUT2D eigenvalue weighted by atomic mass is 9.90. The molecule has 0 aliphatic rings. The van der Waals surface area contributed by atoms with Gasteiger partial charge in [0.1, 0.15) is 23.2 Å². The maximum Gasteiger partial charge on any atom is 0.142 e. The average Bonchev–Trinajstić information content (AvgIpc) is 2.74. The predicted octanol–water partition coefficient (Wildman–Crippen LogP) is 6.14. The third-order valence-corrected chi connectivity index (χ3v) is 4.99. The van der Waals surface area contributed by atoms with E-state index >= 15 is 0 Å². The molecule has 29 heavy (non-hydrogen) atoms. The Hall–Kier alpha value is -3.32. The number of aromatic nitrogens is 1. The lowest BCUT2D eigenvalue weighted by Gasteiger charge is -2.16. The molecule has 0 saturated carbocycles. The topological polar surface area (TPSA) is 71.9 Å². The van der Waals surface area contributed by atoms with Gasteiger partial charge in [-0.25, -0.2) is 4.98 Å². The number of nitrogens with zero attached hydrogens (tertiary/aromatic N) is 2. The molecule has 1 aromatic heterocycles. The summed E-state index contributed by atoms with van der Waals surface area (Å²) in [5.41, 5.74) is 11.0. The summed E-state index contributed by atoms with van der Waals surface area (Å²) in [6.45, 7) is 4.85. The molecule has 1 heterocycles. The molecule has 0 aliphatic heterocycles. The number of nitrogen functional groups attached to an aromatic ring is 1. The average molecular weight is 386 g/mol. The van der Waals surface area contributed by atoms with Gasteiger partial charge in [0.2, 0.25) is 0 Å². The summed E-state index contributed by atoms with van der Waals surface area (Å²) in [6, 6.07) is 20.1. The first kappa shape index (κ1) is 20.4. The molecular weight excluding hydrogens is 358 g/mol. The summed E-state index contributed by atoms with van der Waals surface area (Å²) in [5.74, 6) is 1.10. The van der Waals surface area contributed by atoms with Crippen LogP contribution in [0, 0.1) is 18.3 Å². The Morgan fingerprint density at radius 1 is 0.931 bits per heavy atom. The number of unbranched alkanes of at least 4 members (excludes halogenated alkanes) is 3. The van der Waals surface area contributed by atoms with Gasteiger partial charge in [-0.2, -0.15) is 5.26 Å². The van der Waals surface area contributed by atoms with E-state index in [9.17, 15) is 5.26 Å². The fraction of sp³-hybridized carbons (Fsp3) is 0.280. The van der Waals surface area contributed by atoms with E-state index in [0.29, 0.717) is 5.56 Å². The second kappa shape index (κ2) is 9.75. The number of hydrogen-bond donors (Lipinski definition) is 1. The molecule has 0 saturated heterocycles. The zero-order valence-corrected chi connectivity index (χ0v) is 17.1. The molecule has 0 fully saturated rings. The van der Waals surface area contributed by atoms with E-state index in [4.69, 9.17) is 10.5 Å². The van der Waals surface area contributed by atoms with Gasteiger partial charge in [0.15, 0.2) is 0 Å². The van der Waals surface area contributed by atoms with Gasteiger partial charge in [-0.1, -0.05) is 68.7 Å². The zero-order valence-electron chi connectivity index (χ0n) is 17.1. The van der Waals surface area contributed by atoms with Crippen LogP contribution in [-0.2, 0) is 0 Å². The van der Waals surface area contributed by atoms with Crippen molar-refractivity contribution >= 4 is 5.82 Å². The quantitative estimate of drug-likeness (QED) is 0.473. The highest BCUT2D eigenvalue weighted by Gasteiger charge is 2.19. The molecular formula is C25H27N3O. The number of nitriles is 1. The van der Waals surface area contributed by atoms with E-state index in [1.807, 2.05) is 61.5 Å². The minimum atomic E-state index is 0.260. The van der Waals surface area contributed by atoms with Crippen molar-refractivity contribution in [3.8, 4) is 34.1 Å². The lowest BCUT2D eigenvalue weighted by Crippen LogP contribution is -2.03. The molecule has 0 atom stereocenters. The minimum Gasteiger partial charge on any atom is -0.494 e. The molecule has 0 radical (unpaired) electrons. The van der Waals surface area contributed by atoms with Crippen molar-refractivity contribution in [1.82, 2.24) is 4.98 Å². The van der Waals surface area contributed by atoms with E-state index < -0.39 is 0 Å². The summed E-state index contributed by atoms with van der Waals surface area (Å²) in [7, 11) is 0. The van der Waals surface area contributed by atoms with Gasteiger partial charge in [0.25, 0.3) is 0 Å². The molecule has 2 aromatic carbocycles. The van der Waals surface area contributed by atoms with Crippen LogP contribution in [0.2, 0.25) is 0 Å². The van der Waals surface area contributed by atoms with Crippen LogP contribution < -0.4 is 10.5 Å². The third kappa shape index (κ3) is 4.75. The summed E-state index contributed by atoms with van der Waals surface area (Å²) in [4.78, 5) is 4.42. The van der Waals surface area contributed by atoms with E-state index in [2.05, 4.69) is 18.0 Å². The Balaban J connectivity index is 1.96. The molecule has 0 amide bonds. The monoisotopic (exact) mass is 385 g/mol. The first-order valence-electron chi connectivity index (χ1n) is 10.1. The van der Waals surface area contributed by atoms with Crippen LogP contribution in [0.3, 0.4) is 0 Å². The summed E-state index contributed by atoms with van der Waals surface area (Å²) >= 11 is 0. The summed E-state index contributed by atoms with van der Waals surface area (Å²) in [6.07, 6.45) is 4.71. The van der Waals surface area contributed by atoms with Crippen LogP contribution in [0.25, 0.3) is 22.3 Å². The maximum absolute atomic E-state index is 9.77. The normalized spacial score (nSPS) is 10.5. The number of rotatable bonds is 8. The Morgan fingerprint density at radius 2 is 1.62 bits per heavy atom. The van der Waals surface area contributed by atoms with Gasteiger partial charge in [-0.3, -0.25) is 0 Å². The van der Waals surface area contributed by atoms with Crippen molar-refractivity contribution in [2.75, 3.05) is 12.3 Å². The number of pyridine rings is 1. The van der Waals surface area contributed by atoms with E-state index in [1.54, 1.807) is 0 Å². The molecule has 0 bridgehead atoms. The van der Waals surface area contributed by atoms with Crippen molar-refractivity contribution in [2.45, 2.75) is 39.5 Å². The first-order valence-corrected chi connectivity index (χ1v) is 10.1. The molecule has 0 aliphatic carbocycles. The zero-order chi connectivity index (χ0) is 20.6. The van der Waals surface area contributed by atoms with Crippen molar-refractivity contribution in [1.29, 1.82) is 5.26 Å². The van der Waals surface area contributed by atoms with Crippen LogP contribution in [-0.4, -0.2) is 11.6 Å². The standard InChI is InChI=1S/C25H27N3O/c1-3-4-5-9-16-29-21-14-12-20(13-15-21)24-22(17-26)25(27)28-18(2)23(24)19-10-7-6-8-11-19/h6-8,10-15H,3-5,9,16H2,1-2H3,(H2,27,28). The van der Waals surface area contributed by atoms with Gasteiger partial charge in [-0.05, 0) is 36.6 Å². The fourth-order valence-electron chi connectivity index (χ4n) is 3.52. The van der Waals surface area contributed by atoms with Crippen LogP contribution >= 0.6 is 0 Å². The summed E-state index contributed by atoms with van der Waals surface area (Å²) < 4.78 is 5.86. The van der Waals surface area contributed by atoms with Gasteiger partial charge in [0, 0.05) is 16.8 Å². The van der Waals surface area contributed by atoms with Crippen LogP contribution in [0.15, 0.2) is 54.6 Å². The van der Waals surface area contributed by atoms with Crippen LogP contribution in [0.4, 0.5) is 5.82 Å². The van der Waals surface area contributed by atoms with Crippen molar-refractivity contribution in [3.05, 3.63) is 65.9 Å². The first-order chi connectivity index (χ1) is 14.2. The third-order valence-electron chi connectivity index (χ3n) is 4.99. The second-order valence-electron chi connectivity index (χ2n) is 7.12. The largest absolute Gasteiger partial charge is 0.494 e. The van der Waals surface area contributed by atoms with E-state index in [-0.39, 0.29) is 5.82 Å². The number of ether oxygens (including phenoxy) is 1. The molecule has 4 heteroatoms. The van der Waals surface area contributed by atoms with Crippen LogP contribution in [0.5, 0.6) is 5.75 Å². The SMILES string of the molecule is CCCCCCOc1ccc(-c2c(C#N)c(N)nc(C)c2-c2ccccc2)cc1. The van der Waals surface area contributed by atoms with Gasteiger partial charge in [0.05, 0.1) is 6.61 Å². The fourth-order valence-corrected chi connectivity index (χ4v) is 3.52. The Morgan fingerprint density at radius 3 is 2.28 bits per heavy atom. The number of anilines is 1. The van der Waals surface area contributed by atoms with Gasteiger partial charge in [-0.15, -0.1) is 0 Å². The van der Waals surface area contributed by atoms with Gasteiger partial charge < -0.3 is 10.5 Å². The molecule has 3 aromatic rings. The minimum absolute atomic E-state index is 0.260.